The second-order valence-electron chi connectivity index (χ2n) is 7.81. The molecule has 0 bridgehead atoms. The fourth-order valence-electron chi connectivity index (χ4n) is 3.40. The first-order valence-electron chi connectivity index (χ1n) is 10.5. The molecule has 0 atom stereocenters. The summed E-state index contributed by atoms with van der Waals surface area (Å²) in [5, 5.41) is 2.99. The third-order valence-electron chi connectivity index (χ3n) is 5.29. The van der Waals surface area contributed by atoms with Gasteiger partial charge in [0.05, 0.1) is 21.2 Å². The minimum atomic E-state index is -3.76. The Labute approximate surface area is 203 Å². The molecule has 4 rings (SSSR count). The molecule has 0 fully saturated rings. The first-order chi connectivity index (χ1) is 16.2. The van der Waals surface area contributed by atoms with E-state index in [-0.39, 0.29) is 27.1 Å². The number of imidazole rings is 1. The smallest absolute Gasteiger partial charge is 0.261 e. The summed E-state index contributed by atoms with van der Waals surface area (Å²) in [6.07, 6.45) is 3.63. The van der Waals surface area contributed by atoms with E-state index >= 15 is 0 Å². The molecule has 0 unspecified atom stereocenters. The van der Waals surface area contributed by atoms with Gasteiger partial charge in [0.1, 0.15) is 5.82 Å². The number of anilines is 1. The van der Waals surface area contributed by atoms with Gasteiger partial charge in [-0.05, 0) is 61.9 Å². The van der Waals surface area contributed by atoms with Crippen molar-refractivity contribution >= 4 is 33.2 Å². The van der Waals surface area contributed by atoms with E-state index in [0.29, 0.717) is 6.54 Å². The molecule has 0 aliphatic rings. The Hall–Kier alpha value is -3.62. The summed E-state index contributed by atoms with van der Waals surface area (Å²) >= 11 is 6.29. The SMILES string of the molecule is Cc1ccc(S(=O)(=O)Nc2ccc(C(=O)NCc3ccc(-n4ccnc4C)cc3)c(Cl)c2)cc1. The molecular formula is C25H23ClN4O3S. The van der Waals surface area contributed by atoms with Crippen molar-refractivity contribution in [1.82, 2.24) is 14.9 Å². The van der Waals surface area contributed by atoms with Crippen LogP contribution < -0.4 is 10.0 Å². The maximum atomic E-state index is 12.6. The summed E-state index contributed by atoms with van der Waals surface area (Å²) in [5.41, 5.74) is 3.39. The van der Waals surface area contributed by atoms with Crippen LogP contribution in [0.25, 0.3) is 5.69 Å². The Morgan fingerprint density at radius 2 is 1.71 bits per heavy atom. The lowest BCUT2D eigenvalue weighted by atomic mass is 10.1. The number of nitrogens with one attached hydrogen (secondary N) is 2. The van der Waals surface area contributed by atoms with Crippen LogP contribution in [0.2, 0.25) is 5.02 Å². The highest BCUT2D eigenvalue weighted by Crippen LogP contribution is 2.24. The number of rotatable bonds is 7. The minimum Gasteiger partial charge on any atom is -0.348 e. The van der Waals surface area contributed by atoms with Crippen LogP contribution in [0.15, 0.2) is 84.0 Å². The van der Waals surface area contributed by atoms with Gasteiger partial charge in [0.25, 0.3) is 15.9 Å². The topological polar surface area (TPSA) is 93.1 Å². The van der Waals surface area contributed by atoms with Gasteiger partial charge in [-0.3, -0.25) is 9.52 Å². The van der Waals surface area contributed by atoms with Gasteiger partial charge in [0, 0.05) is 24.6 Å². The summed E-state index contributed by atoms with van der Waals surface area (Å²) in [6.45, 7) is 4.13. The minimum absolute atomic E-state index is 0.144. The Bertz CT molecular complexity index is 1430. The number of nitrogens with zero attached hydrogens (tertiary/aromatic N) is 2. The van der Waals surface area contributed by atoms with Crippen molar-refractivity contribution in [2.75, 3.05) is 4.72 Å². The lowest BCUT2D eigenvalue weighted by molar-refractivity contribution is 0.0951. The zero-order valence-corrected chi connectivity index (χ0v) is 20.2. The predicted octanol–water partition coefficient (Wildman–Crippen LogP) is 4.87. The van der Waals surface area contributed by atoms with Crippen molar-refractivity contribution in [1.29, 1.82) is 0 Å². The molecule has 34 heavy (non-hydrogen) atoms. The van der Waals surface area contributed by atoms with E-state index in [4.69, 9.17) is 11.6 Å². The summed E-state index contributed by atoms with van der Waals surface area (Å²) in [7, 11) is -3.76. The van der Waals surface area contributed by atoms with E-state index in [1.165, 1.54) is 30.3 Å². The monoisotopic (exact) mass is 494 g/mol. The number of sulfonamides is 1. The highest BCUT2D eigenvalue weighted by atomic mass is 35.5. The molecule has 0 saturated carbocycles. The van der Waals surface area contributed by atoms with Crippen molar-refractivity contribution in [3.63, 3.8) is 0 Å². The van der Waals surface area contributed by atoms with E-state index in [2.05, 4.69) is 15.0 Å². The summed E-state index contributed by atoms with van der Waals surface area (Å²) in [5.74, 6) is 0.535. The van der Waals surface area contributed by atoms with Crippen LogP contribution in [0.5, 0.6) is 0 Å². The van der Waals surface area contributed by atoms with Crippen molar-refractivity contribution in [3.05, 3.63) is 107 Å². The molecule has 2 N–H and O–H groups in total. The fourth-order valence-corrected chi connectivity index (χ4v) is 4.71. The Balaban J connectivity index is 1.40. The molecule has 0 spiro atoms. The first kappa shape index (κ1) is 23.5. The van der Waals surface area contributed by atoms with Gasteiger partial charge in [-0.15, -0.1) is 0 Å². The van der Waals surface area contributed by atoms with Gasteiger partial charge in [-0.1, -0.05) is 41.4 Å². The molecule has 1 amide bonds. The molecule has 4 aromatic rings. The van der Waals surface area contributed by atoms with Gasteiger partial charge >= 0.3 is 0 Å². The van der Waals surface area contributed by atoms with Crippen LogP contribution in [0.1, 0.15) is 27.3 Å². The van der Waals surface area contributed by atoms with Crippen molar-refractivity contribution in [2.45, 2.75) is 25.3 Å². The molecular weight excluding hydrogens is 472 g/mol. The molecule has 0 aliphatic heterocycles. The average Bonchev–Trinajstić information content (AvgIpc) is 3.24. The van der Waals surface area contributed by atoms with E-state index in [9.17, 15) is 13.2 Å². The average molecular weight is 495 g/mol. The summed E-state index contributed by atoms with van der Waals surface area (Å²) in [6, 6.07) is 18.7. The van der Waals surface area contributed by atoms with Gasteiger partial charge in [-0.25, -0.2) is 13.4 Å². The predicted molar refractivity (Wildman–Crippen MR) is 133 cm³/mol. The van der Waals surface area contributed by atoms with E-state index in [1.807, 2.05) is 48.9 Å². The summed E-state index contributed by atoms with van der Waals surface area (Å²) < 4.78 is 29.6. The quantitative estimate of drug-likeness (QED) is 0.383. The molecule has 1 aromatic heterocycles. The molecule has 0 saturated heterocycles. The van der Waals surface area contributed by atoms with Crippen LogP contribution in [-0.2, 0) is 16.6 Å². The zero-order valence-electron chi connectivity index (χ0n) is 18.6. The number of hydrogen-bond acceptors (Lipinski definition) is 4. The second-order valence-corrected chi connectivity index (χ2v) is 9.90. The highest BCUT2D eigenvalue weighted by molar-refractivity contribution is 7.92. The van der Waals surface area contributed by atoms with Crippen LogP contribution >= 0.6 is 11.6 Å². The maximum absolute atomic E-state index is 12.6. The van der Waals surface area contributed by atoms with Crippen molar-refractivity contribution in [2.24, 2.45) is 0 Å². The lowest BCUT2D eigenvalue weighted by Gasteiger charge is -2.11. The Kier molecular flexibility index (Phi) is 6.72. The van der Waals surface area contributed by atoms with Crippen LogP contribution in [-0.4, -0.2) is 23.9 Å². The molecule has 9 heteroatoms. The van der Waals surface area contributed by atoms with Gasteiger partial charge in [-0.2, -0.15) is 0 Å². The second kappa shape index (κ2) is 9.70. The van der Waals surface area contributed by atoms with Gasteiger partial charge in [0.2, 0.25) is 0 Å². The number of carbonyl (C=O) groups excluding carboxylic acids is 1. The van der Waals surface area contributed by atoms with Crippen LogP contribution in [0, 0.1) is 13.8 Å². The van der Waals surface area contributed by atoms with Crippen molar-refractivity contribution < 1.29 is 13.2 Å². The Morgan fingerprint density at radius 3 is 2.32 bits per heavy atom. The third-order valence-corrected chi connectivity index (χ3v) is 7.00. The molecule has 3 aromatic carbocycles. The van der Waals surface area contributed by atoms with Crippen LogP contribution in [0.3, 0.4) is 0 Å². The number of halogens is 1. The summed E-state index contributed by atoms with van der Waals surface area (Å²) in [4.78, 5) is 17.0. The molecule has 0 aliphatic carbocycles. The number of benzene rings is 3. The van der Waals surface area contributed by atoms with E-state index in [0.717, 1.165) is 22.6 Å². The number of aromatic nitrogens is 2. The van der Waals surface area contributed by atoms with E-state index in [1.54, 1.807) is 18.3 Å². The number of carbonyl (C=O) groups is 1. The number of hydrogen-bond donors (Lipinski definition) is 2. The lowest BCUT2D eigenvalue weighted by Crippen LogP contribution is -2.23. The maximum Gasteiger partial charge on any atom is 0.261 e. The standard InChI is InChI=1S/C25H23ClN4O3S/c1-17-3-10-22(11-4-17)34(32,33)29-20-7-12-23(24(26)15-20)25(31)28-16-19-5-8-21(9-6-19)30-14-13-27-18(30)2/h3-15,29H,16H2,1-2H3,(H,28,31). The van der Waals surface area contributed by atoms with Crippen molar-refractivity contribution in [3.8, 4) is 5.69 Å². The highest BCUT2D eigenvalue weighted by Gasteiger charge is 2.16. The fraction of sp³-hybridized carbons (Fsp3) is 0.120. The zero-order chi connectivity index (χ0) is 24.3. The van der Waals surface area contributed by atoms with Gasteiger partial charge in [0.15, 0.2) is 0 Å². The third kappa shape index (κ3) is 5.30. The van der Waals surface area contributed by atoms with E-state index < -0.39 is 10.0 Å². The normalized spacial score (nSPS) is 11.3. The molecule has 174 valence electrons. The first-order valence-corrected chi connectivity index (χ1v) is 12.4. The number of amides is 1. The molecule has 0 radical (unpaired) electrons. The molecule has 7 nitrogen and oxygen atoms in total. The number of aryl methyl sites for hydroxylation is 2. The van der Waals surface area contributed by atoms with Gasteiger partial charge < -0.3 is 9.88 Å². The molecule has 1 heterocycles. The Morgan fingerprint density at radius 1 is 1.00 bits per heavy atom. The van der Waals surface area contributed by atoms with Crippen LogP contribution in [0.4, 0.5) is 5.69 Å². The largest absolute Gasteiger partial charge is 0.348 e.